The number of hydrogen-bond donors (Lipinski definition) is 0. The maximum atomic E-state index is 14.4. The smallest absolute Gasteiger partial charge is 0.235 e. The Morgan fingerprint density at radius 3 is 2.03 bits per heavy atom. The van der Waals surface area contributed by atoms with Gasteiger partial charge in [0, 0.05) is 32.4 Å². The summed E-state index contributed by atoms with van der Waals surface area (Å²) in [6, 6.07) is 20.9. The van der Waals surface area contributed by atoms with Gasteiger partial charge in [-0.05, 0) is 16.5 Å². The van der Waals surface area contributed by atoms with Crippen LogP contribution < -0.4 is 4.57 Å². The SMILES string of the molecule is CC(C)(C)c1ccccc1Cc1c(-c2ccccc2)nc2cc(F)c(F)cc2[n+]1C(C)(C)C. The summed E-state index contributed by atoms with van der Waals surface area (Å²) in [5.74, 6) is -1.75. The van der Waals surface area contributed by atoms with E-state index >= 15 is 0 Å². The van der Waals surface area contributed by atoms with Gasteiger partial charge in [-0.15, -0.1) is 0 Å². The predicted octanol–water partition coefficient (Wildman–Crippen LogP) is 7.11. The van der Waals surface area contributed by atoms with E-state index < -0.39 is 11.6 Å². The molecule has 0 fully saturated rings. The molecule has 0 radical (unpaired) electrons. The van der Waals surface area contributed by atoms with Gasteiger partial charge in [0.1, 0.15) is 11.2 Å². The molecule has 0 aliphatic heterocycles. The average Bonchev–Trinajstić information content (AvgIpc) is 2.74. The van der Waals surface area contributed by atoms with E-state index in [2.05, 4.69) is 70.4 Å². The van der Waals surface area contributed by atoms with Gasteiger partial charge in [0.05, 0.1) is 12.5 Å². The Bertz CT molecular complexity index is 1310. The van der Waals surface area contributed by atoms with Gasteiger partial charge in [0.15, 0.2) is 17.2 Å². The average molecular weight is 446 g/mol. The lowest BCUT2D eigenvalue weighted by molar-refractivity contribution is -0.736. The van der Waals surface area contributed by atoms with Crippen LogP contribution in [-0.2, 0) is 17.4 Å². The van der Waals surface area contributed by atoms with E-state index in [9.17, 15) is 8.78 Å². The Labute approximate surface area is 194 Å². The zero-order valence-corrected chi connectivity index (χ0v) is 20.2. The molecule has 33 heavy (non-hydrogen) atoms. The standard InChI is InChI=1S/C29H31F2N2/c1-28(2,3)21-15-11-10-14-20(21)16-26-27(19-12-8-7-9-13-19)32-24-17-22(30)23(31)18-25(24)33(26)29(4,5)6/h7-15,17-18H,16H2,1-6H3/q+1. The molecule has 170 valence electrons. The molecule has 0 saturated carbocycles. The second-order valence-electron chi connectivity index (χ2n) is 10.6. The number of aromatic nitrogens is 2. The zero-order chi connectivity index (χ0) is 24.0. The summed E-state index contributed by atoms with van der Waals surface area (Å²) in [6.45, 7) is 12.9. The molecule has 0 bridgehead atoms. The van der Waals surface area contributed by atoms with Crippen molar-refractivity contribution in [2.45, 2.75) is 58.9 Å². The molecule has 4 aromatic rings. The van der Waals surface area contributed by atoms with Crippen LogP contribution in [0.15, 0.2) is 66.7 Å². The van der Waals surface area contributed by atoms with Crippen LogP contribution in [0.25, 0.3) is 22.3 Å². The molecule has 0 aliphatic rings. The topological polar surface area (TPSA) is 16.8 Å². The second kappa shape index (κ2) is 8.33. The third-order valence-corrected chi connectivity index (χ3v) is 5.94. The molecular weight excluding hydrogens is 414 g/mol. The summed E-state index contributed by atoms with van der Waals surface area (Å²) in [4.78, 5) is 4.88. The van der Waals surface area contributed by atoms with E-state index in [4.69, 9.17) is 4.98 Å². The summed E-state index contributed by atoms with van der Waals surface area (Å²) >= 11 is 0. The van der Waals surface area contributed by atoms with E-state index in [0.29, 0.717) is 17.5 Å². The first-order valence-corrected chi connectivity index (χ1v) is 11.3. The van der Waals surface area contributed by atoms with E-state index in [1.54, 1.807) is 0 Å². The maximum Gasteiger partial charge on any atom is 0.235 e. The normalized spacial score (nSPS) is 12.4. The van der Waals surface area contributed by atoms with Gasteiger partial charge < -0.3 is 0 Å². The molecule has 0 saturated heterocycles. The van der Waals surface area contributed by atoms with Gasteiger partial charge in [-0.3, -0.25) is 0 Å². The molecule has 4 heteroatoms. The number of nitrogens with zero attached hydrogens (tertiary/aromatic N) is 2. The Balaban J connectivity index is 2.11. The Hall–Kier alpha value is -3.14. The van der Waals surface area contributed by atoms with E-state index in [1.165, 1.54) is 23.3 Å². The largest absolute Gasteiger partial charge is 0.235 e. The van der Waals surface area contributed by atoms with Crippen molar-refractivity contribution in [1.29, 1.82) is 0 Å². The van der Waals surface area contributed by atoms with Gasteiger partial charge in [-0.1, -0.05) is 75.4 Å². The van der Waals surface area contributed by atoms with Crippen molar-refractivity contribution in [3.63, 3.8) is 0 Å². The highest BCUT2D eigenvalue weighted by Crippen LogP contribution is 2.31. The molecule has 1 aromatic heterocycles. The summed E-state index contributed by atoms with van der Waals surface area (Å²) in [6.07, 6.45) is 0.622. The first-order valence-electron chi connectivity index (χ1n) is 11.3. The minimum Gasteiger partial charge on any atom is -0.235 e. The van der Waals surface area contributed by atoms with Crippen LogP contribution in [-0.4, -0.2) is 4.98 Å². The van der Waals surface area contributed by atoms with E-state index in [0.717, 1.165) is 17.0 Å². The molecule has 1 heterocycles. The van der Waals surface area contributed by atoms with Crippen molar-refractivity contribution < 1.29 is 13.3 Å². The van der Waals surface area contributed by atoms with Gasteiger partial charge >= 0.3 is 0 Å². The molecule has 0 aliphatic carbocycles. The quantitative estimate of drug-likeness (QED) is 0.307. The number of rotatable bonds is 3. The van der Waals surface area contributed by atoms with E-state index in [-0.39, 0.29) is 11.0 Å². The summed E-state index contributed by atoms with van der Waals surface area (Å²) in [5, 5.41) is 0. The highest BCUT2D eigenvalue weighted by molar-refractivity contribution is 5.75. The van der Waals surface area contributed by atoms with Gasteiger partial charge in [0.2, 0.25) is 11.2 Å². The first kappa shape index (κ1) is 23.0. The molecule has 2 nitrogen and oxygen atoms in total. The van der Waals surface area contributed by atoms with Crippen LogP contribution in [0.1, 0.15) is 58.4 Å². The lowest BCUT2D eigenvalue weighted by Gasteiger charge is -2.25. The number of halogens is 2. The van der Waals surface area contributed by atoms with Crippen molar-refractivity contribution in [2.24, 2.45) is 0 Å². The fourth-order valence-corrected chi connectivity index (χ4v) is 4.57. The molecule has 0 amide bonds. The van der Waals surface area contributed by atoms with Gasteiger partial charge in [0.25, 0.3) is 0 Å². The fraction of sp³-hybridized carbons (Fsp3) is 0.310. The van der Waals surface area contributed by atoms with Crippen molar-refractivity contribution in [1.82, 2.24) is 4.98 Å². The molecule has 0 unspecified atom stereocenters. The Morgan fingerprint density at radius 2 is 1.39 bits per heavy atom. The molecular formula is C29H31F2N2+. The van der Waals surface area contributed by atoms with Crippen molar-refractivity contribution in [2.75, 3.05) is 0 Å². The van der Waals surface area contributed by atoms with Crippen LogP contribution in [0, 0.1) is 11.6 Å². The van der Waals surface area contributed by atoms with Crippen molar-refractivity contribution in [3.8, 4) is 11.3 Å². The summed E-state index contributed by atoms with van der Waals surface area (Å²) < 4.78 is 30.7. The minimum absolute atomic E-state index is 0.0322. The predicted molar refractivity (Wildman–Crippen MR) is 130 cm³/mol. The molecule has 3 aromatic carbocycles. The summed E-state index contributed by atoms with van der Waals surface area (Å²) in [5.41, 5.74) is 5.77. The highest BCUT2D eigenvalue weighted by atomic mass is 19.2. The number of benzene rings is 3. The lowest BCUT2D eigenvalue weighted by Crippen LogP contribution is -2.54. The summed E-state index contributed by atoms with van der Waals surface area (Å²) in [7, 11) is 0. The molecule has 0 atom stereocenters. The van der Waals surface area contributed by atoms with Gasteiger partial charge in [-0.25, -0.2) is 13.8 Å². The number of hydrogen-bond acceptors (Lipinski definition) is 1. The number of fused-ring (bicyclic) bond motifs is 1. The molecule has 0 N–H and O–H groups in total. The van der Waals surface area contributed by atoms with Crippen molar-refractivity contribution in [3.05, 3.63) is 95.2 Å². The maximum absolute atomic E-state index is 14.4. The molecule has 4 rings (SSSR count). The molecule has 0 spiro atoms. The minimum atomic E-state index is -0.889. The third kappa shape index (κ3) is 4.52. The van der Waals surface area contributed by atoms with Crippen molar-refractivity contribution >= 4 is 11.0 Å². The van der Waals surface area contributed by atoms with Crippen LogP contribution in [0.3, 0.4) is 0 Å². The van der Waals surface area contributed by atoms with Crippen LogP contribution in [0.2, 0.25) is 0 Å². The highest BCUT2D eigenvalue weighted by Gasteiger charge is 2.34. The second-order valence-corrected chi connectivity index (χ2v) is 10.6. The third-order valence-electron chi connectivity index (χ3n) is 5.94. The Morgan fingerprint density at radius 1 is 0.788 bits per heavy atom. The fourth-order valence-electron chi connectivity index (χ4n) is 4.57. The zero-order valence-electron chi connectivity index (χ0n) is 20.2. The van der Waals surface area contributed by atoms with Gasteiger partial charge in [-0.2, -0.15) is 4.57 Å². The van der Waals surface area contributed by atoms with Crippen LogP contribution >= 0.6 is 0 Å². The lowest BCUT2D eigenvalue weighted by atomic mass is 9.82. The Kier molecular flexibility index (Phi) is 5.81. The first-order chi connectivity index (χ1) is 15.5. The van der Waals surface area contributed by atoms with Crippen LogP contribution in [0.4, 0.5) is 8.78 Å². The van der Waals surface area contributed by atoms with Crippen LogP contribution in [0.5, 0.6) is 0 Å². The van der Waals surface area contributed by atoms with E-state index in [1.807, 2.05) is 30.3 Å². The monoisotopic (exact) mass is 445 g/mol.